The second-order valence-corrected chi connectivity index (χ2v) is 8.31. The lowest BCUT2D eigenvalue weighted by Gasteiger charge is -2.25. The maximum Gasteiger partial charge on any atom is 0.328 e. The molecule has 1 aliphatic heterocycles. The predicted octanol–water partition coefficient (Wildman–Crippen LogP) is 6.95. The zero-order valence-electron chi connectivity index (χ0n) is 20.0. The first-order valence-corrected chi connectivity index (χ1v) is 11.0. The van der Waals surface area contributed by atoms with E-state index in [2.05, 4.69) is 6.08 Å². The minimum Gasteiger partial charge on any atom is -0.494 e. The van der Waals surface area contributed by atoms with Gasteiger partial charge in [0, 0.05) is 11.6 Å². The van der Waals surface area contributed by atoms with Crippen molar-refractivity contribution >= 4 is 11.5 Å². The van der Waals surface area contributed by atoms with Gasteiger partial charge in [0.25, 0.3) is 0 Å². The molecule has 0 saturated heterocycles. The van der Waals surface area contributed by atoms with E-state index in [0.717, 1.165) is 17.2 Å². The Morgan fingerprint density at radius 2 is 1.88 bits per heavy atom. The number of halogens is 1. The third-order valence-corrected chi connectivity index (χ3v) is 5.09. The first-order chi connectivity index (χ1) is 15.6. The second-order valence-electron chi connectivity index (χ2n) is 8.31. The van der Waals surface area contributed by atoms with Gasteiger partial charge < -0.3 is 14.6 Å². The zero-order chi connectivity index (χ0) is 24.4. The Bertz CT molecular complexity index is 1020. The van der Waals surface area contributed by atoms with Crippen LogP contribution in [0.3, 0.4) is 0 Å². The van der Waals surface area contributed by atoms with Gasteiger partial charge in [0.05, 0.1) is 18.8 Å². The third-order valence-electron chi connectivity index (χ3n) is 5.09. The smallest absolute Gasteiger partial charge is 0.328 e. The summed E-state index contributed by atoms with van der Waals surface area (Å²) in [6, 6.07) is 10.0. The van der Waals surface area contributed by atoms with Gasteiger partial charge in [-0.25, -0.2) is 9.18 Å². The second kappa shape index (κ2) is 12.2. The van der Waals surface area contributed by atoms with Crippen LogP contribution in [0.15, 0.2) is 95.1 Å². The van der Waals surface area contributed by atoms with Crippen molar-refractivity contribution in [2.75, 3.05) is 13.2 Å². The normalized spacial score (nSPS) is 22.8. The first-order valence-electron chi connectivity index (χ1n) is 11.0. The fourth-order valence-electron chi connectivity index (χ4n) is 3.46. The van der Waals surface area contributed by atoms with Crippen LogP contribution in [0, 0.1) is 0 Å². The Morgan fingerprint density at radius 1 is 1.18 bits per heavy atom. The highest BCUT2D eigenvalue weighted by molar-refractivity contribution is 5.81. The zero-order valence-corrected chi connectivity index (χ0v) is 20.0. The summed E-state index contributed by atoms with van der Waals surface area (Å²) in [5.41, 5.74) is 3.14. The molecule has 176 valence electrons. The number of allylic oxidation sites excluding steroid dienone is 7. The van der Waals surface area contributed by atoms with Gasteiger partial charge in [-0.3, -0.25) is 0 Å². The standard InChI is InChI=1S/C28H33FO4/c1-6-32-26-16-17-33-28(4,5)19-23(22-10-8-7-9-11-22)13-14-24(26)21(3)25(29)15-12-20(2)18-27(30)31/h7-12,14-16,18-19H,6,13,17H2,1-5H3,(H,30,31)/b15-12+,20-18+,23-19+,24-14-,25-21+,26-16+. The monoisotopic (exact) mass is 452 g/mol. The van der Waals surface area contributed by atoms with E-state index in [-0.39, 0.29) is 0 Å². The summed E-state index contributed by atoms with van der Waals surface area (Å²) in [5.74, 6) is -0.979. The van der Waals surface area contributed by atoms with Crippen LogP contribution in [0.1, 0.15) is 46.6 Å². The molecule has 5 heteroatoms. The van der Waals surface area contributed by atoms with E-state index < -0.39 is 17.4 Å². The molecule has 2 rings (SSSR count). The topological polar surface area (TPSA) is 55.8 Å². The molecule has 0 bridgehead atoms. The number of benzene rings is 1. The van der Waals surface area contributed by atoms with Gasteiger partial charge in [-0.15, -0.1) is 0 Å². The van der Waals surface area contributed by atoms with Gasteiger partial charge in [0.15, 0.2) is 0 Å². The molecule has 1 heterocycles. The van der Waals surface area contributed by atoms with E-state index in [9.17, 15) is 4.79 Å². The molecule has 1 aliphatic rings. The summed E-state index contributed by atoms with van der Waals surface area (Å²) >= 11 is 0. The Morgan fingerprint density at radius 3 is 2.52 bits per heavy atom. The SMILES string of the molecule is CCOC1=C/COC(C)(C)/C=C(/c2ccccc2)C/C=C\1C(/C)=C(F)\C=C\C(C)=C\C(=O)O. The summed E-state index contributed by atoms with van der Waals surface area (Å²) in [6.07, 6.45) is 10.2. The van der Waals surface area contributed by atoms with Crippen LogP contribution < -0.4 is 0 Å². The van der Waals surface area contributed by atoms with Crippen LogP contribution in [-0.4, -0.2) is 29.9 Å². The molecule has 0 radical (unpaired) electrons. The molecule has 4 nitrogen and oxygen atoms in total. The average molecular weight is 453 g/mol. The molecular formula is C28H33FO4. The van der Waals surface area contributed by atoms with E-state index >= 15 is 4.39 Å². The molecule has 0 amide bonds. The molecular weight excluding hydrogens is 419 g/mol. The Hall–Kier alpha value is -3.18. The maximum absolute atomic E-state index is 15.1. The maximum atomic E-state index is 15.1. The molecule has 0 aromatic heterocycles. The van der Waals surface area contributed by atoms with Gasteiger partial charge >= 0.3 is 5.97 Å². The molecule has 1 aromatic carbocycles. The summed E-state index contributed by atoms with van der Waals surface area (Å²) in [5, 5.41) is 8.85. The van der Waals surface area contributed by atoms with E-state index in [0.29, 0.717) is 42.1 Å². The lowest BCUT2D eigenvalue weighted by molar-refractivity contribution is -0.131. The molecule has 0 spiro atoms. The Labute approximate surface area is 196 Å². The van der Waals surface area contributed by atoms with Crippen molar-refractivity contribution < 1.29 is 23.8 Å². The molecule has 1 aromatic rings. The molecule has 0 fully saturated rings. The number of ether oxygens (including phenoxy) is 2. The number of hydrogen-bond donors (Lipinski definition) is 1. The van der Waals surface area contributed by atoms with Crippen molar-refractivity contribution in [2.45, 2.75) is 46.6 Å². The lowest BCUT2D eigenvalue weighted by atomic mass is 9.93. The summed E-state index contributed by atoms with van der Waals surface area (Å²) in [6.45, 7) is 9.95. The summed E-state index contributed by atoms with van der Waals surface area (Å²) in [7, 11) is 0. The predicted molar refractivity (Wildman–Crippen MR) is 131 cm³/mol. The highest BCUT2D eigenvalue weighted by atomic mass is 19.1. The number of carboxylic acids is 1. The minimum absolute atomic E-state index is 0.309. The molecule has 1 N–H and O–H groups in total. The molecule has 0 unspecified atom stereocenters. The fourth-order valence-corrected chi connectivity index (χ4v) is 3.46. The van der Waals surface area contributed by atoms with E-state index in [1.54, 1.807) is 13.8 Å². The largest absolute Gasteiger partial charge is 0.494 e. The van der Waals surface area contributed by atoms with Crippen LogP contribution in [0.5, 0.6) is 0 Å². The van der Waals surface area contributed by atoms with Crippen molar-refractivity contribution in [3.63, 3.8) is 0 Å². The quantitative estimate of drug-likeness (QED) is 0.359. The van der Waals surface area contributed by atoms with E-state index in [1.807, 2.05) is 63.3 Å². The highest BCUT2D eigenvalue weighted by Gasteiger charge is 2.20. The van der Waals surface area contributed by atoms with Gasteiger partial charge in [0.1, 0.15) is 11.6 Å². The third kappa shape index (κ3) is 8.35. The number of carbonyl (C=O) groups is 1. The molecule has 0 aliphatic carbocycles. The minimum atomic E-state index is -1.07. The van der Waals surface area contributed by atoms with Gasteiger partial charge in [-0.1, -0.05) is 42.5 Å². The number of aliphatic carboxylic acids is 1. The van der Waals surface area contributed by atoms with Crippen molar-refractivity contribution in [1.82, 2.24) is 0 Å². The molecule has 33 heavy (non-hydrogen) atoms. The molecule has 0 saturated carbocycles. The van der Waals surface area contributed by atoms with Gasteiger partial charge in [0.2, 0.25) is 0 Å². The van der Waals surface area contributed by atoms with Gasteiger partial charge in [-0.2, -0.15) is 0 Å². The van der Waals surface area contributed by atoms with Crippen LogP contribution in [-0.2, 0) is 14.3 Å². The summed E-state index contributed by atoms with van der Waals surface area (Å²) in [4.78, 5) is 10.8. The van der Waals surface area contributed by atoms with E-state index in [4.69, 9.17) is 14.6 Å². The fraction of sp³-hybridized carbons (Fsp3) is 0.321. The lowest BCUT2D eigenvalue weighted by Crippen LogP contribution is -2.22. The summed E-state index contributed by atoms with van der Waals surface area (Å²) < 4.78 is 27.1. The van der Waals surface area contributed by atoms with Crippen LogP contribution >= 0.6 is 0 Å². The van der Waals surface area contributed by atoms with Crippen molar-refractivity contribution in [3.8, 4) is 0 Å². The average Bonchev–Trinajstić information content (AvgIpc) is 2.76. The van der Waals surface area contributed by atoms with Crippen molar-refractivity contribution in [3.05, 3.63) is 101 Å². The van der Waals surface area contributed by atoms with Crippen LogP contribution in [0.4, 0.5) is 4.39 Å². The number of hydrogen-bond acceptors (Lipinski definition) is 3. The number of rotatable bonds is 7. The number of carboxylic acid groups (broad SMARTS) is 1. The van der Waals surface area contributed by atoms with E-state index in [1.165, 1.54) is 12.2 Å². The van der Waals surface area contributed by atoms with Gasteiger partial charge in [-0.05, 0) is 81.6 Å². The van der Waals surface area contributed by atoms with Crippen LogP contribution in [0.2, 0.25) is 0 Å². The molecule has 0 atom stereocenters. The van der Waals surface area contributed by atoms with Crippen molar-refractivity contribution in [1.29, 1.82) is 0 Å². The van der Waals surface area contributed by atoms with Crippen LogP contribution in [0.25, 0.3) is 5.57 Å². The Kier molecular flexibility index (Phi) is 9.61. The van der Waals surface area contributed by atoms with Crippen molar-refractivity contribution in [2.24, 2.45) is 0 Å². The Balaban J connectivity index is 2.55. The highest BCUT2D eigenvalue weighted by Crippen LogP contribution is 2.31. The first kappa shape index (κ1) is 26.1.